The monoisotopic (exact) mass is 220 g/mol. The predicted octanol–water partition coefficient (Wildman–Crippen LogP) is 1.12. The lowest BCUT2D eigenvalue weighted by atomic mass is 10.4. The standard InChI is InChI=1S/C10H16N6/c1-7-4-5-8(12-7)6-11-9-13-10(15-14-9)16(2)3/h4-5,12H,6H2,1-3H3,(H2,11,13,14,15). The summed E-state index contributed by atoms with van der Waals surface area (Å²) >= 11 is 0. The molecular weight excluding hydrogens is 204 g/mol. The van der Waals surface area contributed by atoms with E-state index < -0.39 is 0 Å². The molecule has 16 heavy (non-hydrogen) atoms. The van der Waals surface area contributed by atoms with Crippen LogP contribution in [0.2, 0.25) is 0 Å². The average molecular weight is 220 g/mol. The molecule has 0 fully saturated rings. The third-order valence-electron chi connectivity index (χ3n) is 2.24. The summed E-state index contributed by atoms with van der Waals surface area (Å²) in [6, 6.07) is 4.09. The van der Waals surface area contributed by atoms with Gasteiger partial charge in [0.2, 0.25) is 11.9 Å². The third kappa shape index (κ3) is 2.33. The van der Waals surface area contributed by atoms with Crippen molar-refractivity contribution in [2.45, 2.75) is 13.5 Å². The van der Waals surface area contributed by atoms with Crippen molar-refractivity contribution in [2.75, 3.05) is 24.3 Å². The Morgan fingerprint density at radius 2 is 2.06 bits per heavy atom. The van der Waals surface area contributed by atoms with E-state index in [0.29, 0.717) is 12.5 Å². The van der Waals surface area contributed by atoms with E-state index >= 15 is 0 Å². The molecule has 3 N–H and O–H groups in total. The second-order valence-corrected chi connectivity index (χ2v) is 3.91. The molecule has 0 unspecified atom stereocenters. The van der Waals surface area contributed by atoms with Crippen LogP contribution in [0.4, 0.5) is 11.9 Å². The number of aromatic nitrogens is 4. The van der Waals surface area contributed by atoms with Crippen LogP contribution >= 0.6 is 0 Å². The third-order valence-corrected chi connectivity index (χ3v) is 2.24. The fourth-order valence-corrected chi connectivity index (χ4v) is 1.38. The molecule has 0 aromatic carbocycles. The zero-order valence-corrected chi connectivity index (χ0v) is 9.70. The van der Waals surface area contributed by atoms with Crippen molar-refractivity contribution in [1.29, 1.82) is 0 Å². The fraction of sp³-hybridized carbons (Fsp3) is 0.400. The van der Waals surface area contributed by atoms with Gasteiger partial charge >= 0.3 is 0 Å². The van der Waals surface area contributed by atoms with Crippen LogP contribution in [0.1, 0.15) is 11.4 Å². The minimum Gasteiger partial charge on any atom is -0.361 e. The molecule has 86 valence electrons. The second kappa shape index (κ2) is 4.26. The maximum atomic E-state index is 3.99. The average Bonchev–Trinajstić information content (AvgIpc) is 2.83. The lowest BCUT2D eigenvalue weighted by molar-refractivity contribution is 0.991. The summed E-state index contributed by atoms with van der Waals surface area (Å²) in [5, 5.41) is 11.1. The number of H-pyrrole nitrogens is 2. The molecule has 0 atom stereocenters. The van der Waals surface area contributed by atoms with E-state index in [1.54, 1.807) is 0 Å². The largest absolute Gasteiger partial charge is 0.361 e. The van der Waals surface area contributed by atoms with Crippen molar-refractivity contribution in [2.24, 2.45) is 0 Å². The number of anilines is 2. The summed E-state index contributed by atoms with van der Waals surface area (Å²) in [7, 11) is 3.83. The Morgan fingerprint density at radius 3 is 2.62 bits per heavy atom. The summed E-state index contributed by atoms with van der Waals surface area (Å²) in [5.41, 5.74) is 2.28. The van der Waals surface area contributed by atoms with E-state index in [-0.39, 0.29) is 0 Å². The fourth-order valence-electron chi connectivity index (χ4n) is 1.38. The first-order chi connectivity index (χ1) is 7.65. The maximum Gasteiger partial charge on any atom is 0.225 e. The molecule has 6 heteroatoms. The minimum atomic E-state index is 0.677. The zero-order chi connectivity index (χ0) is 11.5. The molecule has 0 saturated carbocycles. The molecule has 0 saturated heterocycles. The van der Waals surface area contributed by atoms with Gasteiger partial charge in [0, 0.05) is 25.5 Å². The summed E-state index contributed by atoms with van der Waals surface area (Å²) in [5.74, 6) is 1.42. The van der Waals surface area contributed by atoms with Gasteiger partial charge in [0.15, 0.2) is 0 Å². The smallest absolute Gasteiger partial charge is 0.225 e. The zero-order valence-electron chi connectivity index (χ0n) is 9.70. The Labute approximate surface area is 94.1 Å². The molecule has 2 aromatic heterocycles. The van der Waals surface area contributed by atoms with Gasteiger partial charge < -0.3 is 15.2 Å². The van der Waals surface area contributed by atoms with E-state index in [4.69, 9.17) is 0 Å². The number of hydrogen-bond acceptors (Lipinski definition) is 4. The van der Waals surface area contributed by atoms with E-state index in [2.05, 4.69) is 25.5 Å². The number of hydrogen-bond donors (Lipinski definition) is 3. The summed E-state index contributed by atoms with van der Waals surface area (Å²) < 4.78 is 0. The topological polar surface area (TPSA) is 72.6 Å². The van der Waals surface area contributed by atoms with Crippen LogP contribution in [0.15, 0.2) is 12.1 Å². The normalized spacial score (nSPS) is 10.4. The molecule has 2 aromatic rings. The molecule has 0 bridgehead atoms. The molecule has 2 heterocycles. The number of nitrogens with zero attached hydrogens (tertiary/aromatic N) is 3. The molecule has 0 spiro atoms. The van der Waals surface area contributed by atoms with Crippen molar-refractivity contribution in [3.05, 3.63) is 23.5 Å². The van der Waals surface area contributed by atoms with Gasteiger partial charge in [0.05, 0.1) is 6.54 Å². The van der Waals surface area contributed by atoms with Crippen LogP contribution in [-0.4, -0.2) is 34.3 Å². The van der Waals surface area contributed by atoms with Gasteiger partial charge in [-0.15, -0.1) is 10.2 Å². The van der Waals surface area contributed by atoms with Crippen molar-refractivity contribution in [3.63, 3.8) is 0 Å². The van der Waals surface area contributed by atoms with Gasteiger partial charge in [-0.3, -0.25) is 4.98 Å². The number of rotatable bonds is 4. The first kappa shape index (κ1) is 10.5. The number of nitrogens with one attached hydrogen (secondary N) is 3. The lowest BCUT2D eigenvalue weighted by Gasteiger charge is -2.05. The SMILES string of the molecule is Cc1ccc(CNc2nnc(N(C)C)[nH]2)[nH]1. The highest BCUT2D eigenvalue weighted by atomic mass is 15.4. The first-order valence-corrected chi connectivity index (χ1v) is 5.13. The van der Waals surface area contributed by atoms with Crippen molar-refractivity contribution < 1.29 is 0 Å². The highest BCUT2D eigenvalue weighted by Crippen LogP contribution is 2.07. The minimum absolute atomic E-state index is 0.677. The van der Waals surface area contributed by atoms with Gasteiger partial charge in [0.1, 0.15) is 0 Å². The molecule has 2 rings (SSSR count). The van der Waals surface area contributed by atoms with Gasteiger partial charge in [0.25, 0.3) is 0 Å². The Morgan fingerprint density at radius 1 is 1.25 bits per heavy atom. The molecule has 0 radical (unpaired) electrons. The summed E-state index contributed by atoms with van der Waals surface area (Å²) in [6.07, 6.45) is 0. The summed E-state index contributed by atoms with van der Waals surface area (Å²) in [6.45, 7) is 2.73. The summed E-state index contributed by atoms with van der Waals surface area (Å²) in [4.78, 5) is 8.18. The highest BCUT2D eigenvalue weighted by Gasteiger charge is 2.03. The first-order valence-electron chi connectivity index (χ1n) is 5.13. The quantitative estimate of drug-likeness (QED) is 0.722. The molecule has 6 nitrogen and oxygen atoms in total. The molecule has 0 aliphatic rings. The highest BCUT2D eigenvalue weighted by molar-refractivity contribution is 5.35. The van der Waals surface area contributed by atoms with Crippen molar-refractivity contribution in [3.8, 4) is 0 Å². The Bertz CT molecular complexity index is 455. The second-order valence-electron chi connectivity index (χ2n) is 3.91. The van der Waals surface area contributed by atoms with Crippen LogP contribution < -0.4 is 10.2 Å². The van der Waals surface area contributed by atoms with Crippen LogP contribution in [0.5, 0.6) is 0 Å². The van der Waals surface area contributed by atoms with Gasteiger partial charge in [-0.2, -0.15) is 0 Å². The van der Waals surface area contributed by atoms with Crippen LogP contribution in [0.3, 0.4) is 0 Å². The van der Waals surface area contributed by atoms with E-state index in [9.17, 15) is 0 Å². The van der Waals surface area contributed by atoms with Crippen molar-refractivity contribution in [1.82, 2.24) is 20.2 Å². The van der Waals surface area contributed by atoms with Crippen LogP contribution in [0, 0.1) is 6.92 Å². The number of aryl methyl sites for hydroxylation is 1. The predicted molar refractivity (Wildman–Crippen MR) is 63.6 cm³/mol. The Hall–Kier alpha value is -1.98. The van der Waals surface area contributed by atoms with Gasteiger partial charge in [-0.05, 0) is 19.1 Å². The van der Waals surface area contributed by atoms with Crippen LogP contribution in [-0.2, 0) is 6.54 Å². The molecular formula is C10H16N6. The molecule has 0 aliphatic heterocycles. The van der Waals surface area contributed by atoms with Gasteiger partial charge in [-0.25, -0.2) is 0 Å². The number of aromatic amines is 2. The Kier molecular flexibility index (Phi) is 2.80. The van der Waals surface area contributed by atoms with Crippen molar-refractivity contribution >= 4 is 11.9 Å². The van der Waals surface area contributed by atoms with E-state index in [1.165, 1.54) is 0 Å². The van der Waals surface area contributed by atoms with E-state index in [0.717, 1.165) is 17.3 Å². The Balaban J connectivity index is 1.94. The van der Waals surface area contributed by atoms with Gasteiger partial charge in [-0.1, -0.05) is 0 Å². The molecule has 0 aliphatic carbocycles. The maximum absolute atomic E-state index is 3.99. The molecule has 0 amide bonds. The lowest BCUT2D eigenvalue weighted by Crippen LogP contribution is -2.10. The van der Waals surface area contributed by atoms with E-state index in [1.807, 2.05) is 38.1 Å². The van der Waals surface area contributed by atoms with Crippen LogP contribution in [0.25, 0.3) is 0 Å².